The smallest absolute Gasteiger partial charge is 0.350 e. The molecule has 4 N–H and O–H groups in total. The van der Waals surface area contributed by atoms with Crippen LogP contribution in [0, 0.1) is 0 Å². The van der Waals surface area contributed by atoms with Crippen LogP contribution in [0.4, 0.5) is 10.7 Å². The molecule has 2 heterocycles. The molecule has 1 unspecified atom stereocenters. The van der Waals surface area contributed by atoms with Crippen molar-refractivity contribution >= 4 is 45.7 Å². The van der Waals surface area contributed by atoms with Gasteiger partial charge in [-0.25, -0.2) is 4.79 Å². The number of hydrogen-bond donors (Lipinski definition) is 2. The van der Waals surface area contributed by atoms with E-state index >= 15 is 0 Å². The molecule has 2 rings (SSSR count). The Balaban J connectivity index is 2.42. The molecule has 0 spiro atoms. The van der Waals surface area contributed by atoms with Crippen LogP contribution < -0.4 is 16.4 Å². The van der Waals surface area contributed by atoms with E-state index in [-0.39, 0.29) is 22.7 Å². The topological polar surface area (TPSA) is 98.6 Å². The molecule has 0 saturated carbocycles. The van der Waals surface area contributed by atoms with Crippen molar-refractivity contribution in [2.24, 2.45) is 5.73 Å². The number of primary amides is 1. The molecule has 1 aliphatic rings. The number of nitrogens with two attached hydrogens (primary N) is 2. The van der Waals surface area contributed by atoms with Gasteiger partial charge in [0.05, 0.1) is 17.9 Å². The van der Waals surface area contributed by atoms with E-state index in [1.807, 2.05) is 11.8 Å². The van der Waals surface area contributed by atoms with Gasteiger partial charge in [-0.1, -0.05) is 6.92 Å². The molecule has 1 amide bonds. The molecule has 1 fully saturated rings. The zero-order valence-corrected chi connectivity index (χ0v) is 13.7. The summed E-state index contributed by atoms with van der Waals surface area (Å²) in [6.45, 7) is 5.71. The predicted octanol–water partition coefficient (Wildman–Crippen LogP) is 1.55. The van der Waals surface area contributed by atoms with Gasteiger partial charge < -0.3 is 21.1 Å². The zero-order valence-electron chi connectivity index (χ0n) is 12.0. The fourth-order valence-corrected chi connectivity index (χ4v) is 4.41. The fraction of sp³-hybridized carbons (Fsp3) is 0.538. The molecule has 1 aromatic heterocycles. The lowest BCUT2D eigenvalue weighted by Gasteiger charge is -2.31. The molecule has 0 aromatic carbocycles. The number of ether oxygens (including phenoxy) is 1. The molecule has 6 nitrogen and oxygen atoms in total. The van der Waals surface area contributed by atoms with Crippen LogP contribution >= 0.6 is 23.1 Å². The number of nitrogen functional groups attached to an aromatic ring is 1. The van der Waals surface area contributed by atoms with Gasteiger partial charge >= 0.3 is 5.97 Å². The highest BCUT2D eigenvalue weighted by Crippen LogP contribution is 2.40. The van der Waals surface area contributed by atoms with Crippen molar-refractivity contribution < 1.29 is 14.3 Å². The van der Waals surface area contributed by atoms with Crippen molar-refractivity contribution in [2.45, 2.75) is 19.1 Å². The Morgan fingerprint density at radius 2 is 2.19 bits per heavy atom. The molecule has 0 bridgehead atoms. The number of carbonyl (C=O) groups is 2. The largest absolute Gasteiger partial charge is 0.462 e. The fourth-order valence-electron chi connectivity index (χ4n) is 2.24. The van der Waals surface area contributed by atoms with Crippen LogP contribution in [0.2, 0.25) is 0 Å². The summed E-state index contributed by atoms with van der Waals surface area (Å²) in [4.78, 5) is 26.0. The van der Waals surface area contributed by atoms with Gasteiger partial charge in [0, 0.05) is 24.1 Å². The Morgan fingerprint density at radius 3 is 2.76 bits per heavy atom. The Bertz CT molecular complexity index is 559. The Labute approximate surface area is 131 Å². The van der Waals surface area contributed by atoms with E-state index in [1.54, 1.807) is 6.92 Å². The van der Waals surface area contributed by atoms with Crippen LogP contribution in [0.5, 0.6) is 0 Å². The van der Waals surface area contributed by atoms with Gasteiger partial charge in [0.25, 0.3) is 5.91 Å². The zero-order chi connectivity index (χ0) is 15.6. The van der Waals surface area contributed by atoms with Crippen LogP contribution in [0.3, 0.4) is 0 Å². The minimum Gasteiger partial charge on any atom is -0.462 e. The summed E-state index contributed by atoms with van der Waals surface area (Å²) in [5.74, 6) is -0.153. The second-order valence-corrected chi connectivity index (χ2v) is 7.28. The number of thioether (sulfide) groups is 1. The van der Waals surface area contributed by atoms with Gasteiger partial charge in [-0.05, 0) is 6.92 Å². The second kappa shape index (κ2) is 6.57. The first-order chi connectivity index (χ1) is 9.95. The van der Waals surface area contributed by atoms with E-state index in [9.17, 15) is 9.59 Å². The third-order valence-corrected chi connectivity index (χ3v) is 5.54. The standard InChI is InChI=1S/C13H19N3O3S2/c1-3-19-13(18)10-9(14)8(11(15)17)12(21-10)16-4-5-20-7(2)6-16/h7H,3-6,14H2,1-2H3,(H2,15,17). The molecule has 116 valence electrons. The molecule has 1 aliphatic heterocycles. The number of thiophene rings is 1. The Kier molecular flexibility index (Phi) is 5.00. The van der Waals surface area contributed by atoms with Crippen molar-refractivity contribution in [3.8, 4) is 0 Å². The van der Waals surface area contributed by atoms with Crippen LogP contribution in [0.25, 0.3) is 0 Å². The minimum absolute atomic E-state index is 0.131. The number of hydrogen-bond acceptors (Lipinski definition) is 7. The Morgan fingerprint density at radius 1 is 1.48 bits per heavy atom. The first kappa shape index (κ1) is 16.0. The van der Waals surface area contributed by atoms with E-state index in [2.05, 4.69) is 11.8 Å². The lowest BCUT2D eigenvalue weighted by atomic mass is 10.2. The molecule has 0 radical (unpaired) electrons. The average molecular weight is 329 g/mol. The van der Waals surface area contributed by atoms with Crippen molar-refractivity contribution in [3.63, 3.8) is 0 Å². The highest BCUT2D eigenvalue weighted by molar-refractivity contribution is 8.00. The third kappa shape index (κ3) is 3.26. The van der Waals surface area contributed by atoms with Gasteiger partial charge in [-0.3, -0.25) is 4.79 Å². The average Bonchev–Trinajstić information content (AvgIpc) is 2.77. The molecular weight excluding hydrogens is 310 g/mol. The lowest BCUT2D eigenvalue weighted by molar-refractivity contribution is 0.0533. The molecule has 8 heteroatoms. The van der Waals surface area contributed by atoms with Crippen LogP contribution in [-0.4, -0.2) is 42.6 Å². The first-order valence-electron chi connectivity index (χ1n) is 6.71. The van der Waals surface area contributed by atoms with E-state index in [4.69, 9.17) is 16.2 Å². The number of carbonyl (C=O) groups excluding carboxylic acids is 2. The number of anilines is 2. The molecular formula is C13H19N3O3S2. The van der Waals surface area contributed by atoms with Crippen LogP contribution in [0.1, 0.15) is 33.9 Å². The maximum Gasteiger partial charge on any atom is 0.350 e. The summed E-state index contributed by atoms with van der Waals surface area (Å²) in [6, 6.07) is 0. The monoisotopic (exact) mass is 329 g/mol. The summed E-state index contributed by atoms with van der Waals surface area (Å²) in [5.41, 5.74) is 11.8. The van der Waals surface area contributed by atoms with Crippen LogP contribution in [-0.2, 0) is 4.74 Å². The molecule has 0 aliphatic carbocycles. The second-order valence-electron chi connectivity index (χ2n) is 4.74. The quantitative estimate of drug-likeness (QED) is 0.813. The third-order valence-electron chi connectivity index (χ3n) is 3.16. The maximum atomic E-state index is 11.9. The Hall–Kier alpha value is -1.41. The highest BCUT2D eigenvalue weighted by Gasteiger charge is 2.29. The maximum absolute atomic E-state index is 11.9. The minimum atomic E-state index is -0.611. The number of nitrogens with zero attached hydrogens (tertiary/aromatic N) is 1. The lowest BCUT2D eigenvalue weighted by Crippen LogP contribution is -2.37. The van der Waals surface area contributed by atoms with Crippen molar-refractivity contribution in [2.75, 3.05) is 36.1 Å². The summed E-state index contributed by atoms with van der Waals surface area (Å²) in [6.07, 6.45) is 0. The van der Waals surface area contributed by atoms with Crippen molar-refractivity contribution in [1.82, 2.24) is 0 Å². The van der Waals surface area contributed by atoms with E-state index in [0.717, 1.165) is 18.8 Å². The first-order valence-corrected chi connectivity index (χ1v) is 8.58. The number of amides is 1. The molecule has 1 saturated heterocycles. The van der Waals surface area contributed by atoms with Gasteiger partial charge in [-0.15, -0.1) is 11.3 Å². The van der Waals surface area contributed by atoms with Gasteiger partial charge in [0.1, 0.15) is 9.88 Å². The summed E-state index contributed by atoms with van der Waals surface area (Å²) >= 11 is 3.07. The predicted molar refractivity (Wildman–Crippen MR) is 87.3 cm³/mol. The summed E-state index contributed by atoms with van der Waals surface area (Å²) in [7, 11) is 0. The van der Waals surface area contributed by atoms with Gasteiger partial charge in [-0.2, -0.15) is 11.8 Å². The summed E-state index contributed by atoms with van der Waals surface area (Å²) < 4.78 is 4.98. The molecule has 1 aromatic rings. The number of esters is 1. The van der Waals surface area contributed by atoms with E-state index in [1.165, 1.54) is 11.3 Å². The van der Waals surface area contributed by atoms with E-state index < -0.39 is 11.9 Å². The number of rotatable bonds is 4. The summed E-state index contributed by atoms with van der Waals surface area (Å²) in [5, 5.41) is 1.13. The molecule has 1 atom stereocenters. The highest BCUT2D eigenvalue weighted by atomic mass is 32.2. The van der Waals surface area contributed by atoms with Crippen LogP contribution in [0.15, 0.2) is 0 Å². The van der Waals surface area contributed by atoms with Crippen molar-refractivity contribution in [1.29, 1.82) is 0 Å². The molecule has 21 heavy (non-hydrogen) atoms. The SMILES string of the molecule is CCOC(=O)c1sc(N2CCSC(C)C2)c(C(N)=O)c1N. The normalized spacial score (nSPS) is 18.6. The van der Waals surface area contributed by atoms with Gasteiger partial charge in [0.2, 0.25) is 0 Å². The van der Waals surface area contributed by atoms with Gasteiger partial charge in [0.15, 0.2) is 0 Å². The van der Waals surface area contributed by atoms with E-state index in [0.29, 0.717) is 10.3 Å². The van der Waals surface area contributed by atoms with Crippen molar-refractivity contribution in [3.05, 3.63) is 10.4 Å².